The summed E-state index contributed by atoms with van der Waals surface area (Å²) in [6.45, 7) is 15.7. The molecule has 11 rings (SSSR count). The summed E-state index contributed by atoms with van der Waals surface area (Å²) in [6, 6.07) is 62.6. The molecule has 9 aromatic rings. The van der Waals surface area contributed by atoms with Gasteiger partial charge in [-0.2, -0.15) is 5.06 Å². The van der Waals surface area contributed by atoms with Crippen molar-refractivity contribution in [1.29, 1.82) is 0 Å². The molecule has 0 atom stereocenters. The van der Waals surface area contributed by atoms with Crippen LogP contribution >= 0.6 is 0 Å². The molecule has 0 saturated carbocycles. The van der Waals surface area contributed by atoms with Crippen LogP contribution in [0.5, 0.6) is 0 Å². The lowest BCUT2D eigenvalue weighted by Crippen LogP contribution is -2.41. The minimum absolute atomic E-state index is 0.260. The van der Waals surface area contributed by atoms with Crippen molar-refractivity contribution in [2.45, 2.75) is 71.3 Å². The minimum atomic E-state index is -0.653. The molecular formula is C58H52N4O. The number of fused-ring (bicyclic) bond motifs is 7. The largest absolute Gasteiger partial charge is 0.294 e. The van der Waals surface area contributed by atoms with E-state index in [-0.39, 0.29) is 5.54 Å². The van der Waals surface area contributed by atoms with Crippen molar-refractivity contribution in [3.05, 3.63) is 209 Å². The quantitative estimate of drug-likeness (QED) is 0.160. The Kier molecular flexibility index (Phi) is 9.01. The fourth-order valence-corrected chi connectivity index (χ4v) is 10.6. The van der Waals surface area contributed by atoms with E-state index in [1.807, 2.05) is 16.3 Å². The number of rotatable bonds is 7. The molecule has 0 amide bonds. The van der Waals surface area contributed by atoms with Crippen LogP contribution in [0.25, 0.3) is 49.9 Å². The Morgan fingerprint density at radius 1 is 0.540 bits per heavy atom. The van der Waals surface area contributed by atoms with Gasteiger partial charge in [0.2, 0.25) is 0 Å². The van der Waals surface area contributed by atoms with Crippen LogP contribution in [0.15, 0.2) is 176 Å². The lowest BCUT2D eigenvalue weighted by Gasteiger charge is -2.35. The second-order valence-electron chi connectivity index (χ2n) is 18.8. The molecule has 0 fully saturated rings. The average molecular weight is 821 g/mol. The van der Waals surface area contributed by atoms with Gasteiger partial charge in [0.1, 0.15) is 5.82 Å². The second-order valence-corrected chi connectivity index (χ2v) is 18.8. The first-order valence-electron chi connectivity index (χ1n) is 22.4. The van der Waals surface area contributed by atoms with Gasteiger partial charge in [0.05, 0.1) is 39.0 Å². The van der Waals surface area contributed by atoms with Gasteiger partial charge in [-0.1, -0.05) is 149 Å². The maximum atomic E-state index is 6.77. The molecule has 1 aliphatic heterocycles. The third-order valence-electron chi connectivity index (χ3n) is 13.3. The van der Waals surface area contributed by atoms with E-state index >= 15 is 0 Å². The highest BCUT2D eigenvalue weighted by atomic mass is 16.8. The number of para-hydroxylation sites is 3. The predicted octanol–water partition coefficient (Wildman–Crippen LogP) is 15.1. The molecule has 5 heteroatoms. The van der Waals surface area contributed by atoms with E-state index in [0.29, 0.717) is 11.8 Å². The van der Waals surface area contributed by atoms with Gasteiger partial charge in [-0.25, -0.2) is 10.0 Å². The van der Waals surface area contributed by atoms with E-state index in [9.17, 15) is 0 Å². The molecule has 2 aliphatic rings. The van der Waals surface area contributed by atoms with Gasteiger partial charge in [0, 0.05) is 17.0 Å². The topological polar surface area (TPSA) is 33.5 Å². The van der Waals surface area contributed by atoms with E-state index in [1.54, 1.807) is 0 Å². The molecule has 0 radical (unpaired) electrons. The first-order valence-corrected chi connectivity index (χ1v) is 22.4. The van der Waals surface area contributed by atoms with Crippen LogP contribution in [0, 0.1) is 0 Å². The van der Waals surface area contributed by atoms with E-state index in [1.165, 1.54) is 66.4 Å². The number of nitrogens with zero attached hydrogens (tertiary/aromatic N) is 4. The van der Waals surface area contributed by atoms with Crippen molar-refractivity contribution in [1.82, 2.24) is 9.55 Å². The number of hydrogen-bond acceptors (Lipinski definition) is 4. The van der Waals surface area contributed by atoms with Gasteiger partial charge in [0.25, 0.3) is 0 Å². The van der Waals surface area contributed by atoms with Gasteiger partial charge in [-0.15, -0.1) is 4.94 Å². The summed E-state index contributed by atoms with van der Waals surface area (Å²) in [5.41, 5.74) is 17.0. The van der Waals surface area contributed by atoms with Crippen molar-refractivity contribution in [3.63, 3.8) is 0 Å². The number of benzene rings is 7. The number of aromatic nitrogens is 2. The number of hydroxylamine groups is 1. The number of hydrogen-bond donors (Lipinski definition) is 0. The molecular weight excluding hydrogens is 769 g/mol. The van der Waals surface area contributed by atoms with Gasteiger partial charge < -0.3 is 0 Å². The summed E-state index contributed by atoms with van der Waals surface area (Å²) in [6.07, 6.45) is 1.99. The molecule has 0 bridgehead atoms. The summed E-state index contributed by atoms with van der Waals surface area (Å²) >= 11 is 0. The molecule has 2 aromatic heterocycles. The lowest BCUT2D eigenvalue weighted by atomic mass is 9.67. The fourth-order valence-electron chi connectivity index (χ4n) is 10.6. The monoisotopic (exact) mass is 820 g/mol. The normalized spacial score (nSPS) is 14.2. The summed E-state index contributed by atoms with van der Waals surface area (Å²) in [4.78, 5) is 11.9. The Morgan fingerprint density at radius 2 is 1.14 bits per heavy atom. The second kappa shape index (κ2) is 14.6. The highest BCUT2D eigenvalue weighted by molar-refractivity contribution is 6.09. The first kappa shape index (κ1) is 38.9. The fraction of sp³-hybridized carbons (Fsp3) is 0.190. The Hall–Kier alpha value is -6.95. The van der Waals surface area contributed by atoms with Crippen LogP contribution in [0.2, 0.25) is 0 Å². The van der Waals surface area contributed by atoms with Crippen molar-refractivity contribution in [3.8, 4) is 28.1 Å². The van der Waals surface area contributed by atoms with Crippen LogP contribution in [-0.4, -0.2) is 15.1 Å². The summed E-state index contributed by atoms with van der Waals surface area (Å²) < 4.78 is 2.39. The summed E-state index contributed by atoms with van der Waals surface area (Å²) in [5, 5.41) is 6.41. The van der Waals surface area contributed by atoms with Gasteiger partial charge in [-0.05, 0) is 137 Å². The van der Waals surface area contributed by atoms with Crippen LogP contribution in [0.1, 0.15) is 93.7 Å². The summed E-state index contributed by atoms with van der Waals surface area (Å²) in [7, 11) is 0. The molecule has 5 nitrogen and oxygen atoms in total. The zero-order valence-electron chi connectivity index (χ0n) is 37.1. The van der Waals surface area contributed by atoms with Crippen molar-refractivity contribution < 1.29 is 4.94 Å². The van der Waals surface area contributed by atoms with E-state index < -0.39 is 5.41 Å². The van der Waals surface area contributed by atoms with Crippen molar-refractivity contribution in [2.75, 3.05) is 10.1 Å². The van der Waals surface area contributed by atoms with Gasteiger partial charge in [-0.3, -0.25) is 4.57 Å². The molecule has 310 valence electrons. The number of anilines is 3. The van der Waals surface area contributed by atoms with E-state index in [0.717, 1.165) is 33.9 Å². The van der Waals surface area contributed by atoms with Crippen molar-refractivity contribution in [2.24, 2.45) is 0 Å². The van der Waals surface area contributed by atoms with Crippen LogP contribution < -0.4 is 10.1 Å². The van der Waals surface area contributed by atoms with Crippen LogP contribution in [0.4, 0.5) is 17.1 Å². The third kappa shape index (κ3) is 5.90. The standard InChI is InChI=1S/C58H52N4O/c1-37(2)43-23-17-24-44(38(3)4)56(43)39-32-33-59-55(34-39)60-51-27-13-10-22-47(51)48-31-30-41(36-54(48)60)58(49-25-11-8-20-45(49)46-21-9-12-26-50(46)58)40-18-16-19-42(35-40)61-52-28-14-15-29-53(52)62(63-61)57(5,6)7/h8-38H,1-7H3. The Morgan fingerprint density at radius 3 is 1.84 bits per heavy atom. The Bertz CT molecular complexity index is 3170. The Balaban J connectivity index is 1.17. The van der Waals surface area contributed by atoms with Gasteiger partial charge in [0.15, 0.2) is 0 Å². The van der Waals surface area contributed by atoms with E-state index in [2.05, 4.69) is 223 Å². The maximum absolute atomic E-state index is 6.77. The van der Waals surface area contributed by atoms with Crippen molar-refractivity contribution >= 4 is 38.9 Å². The molecule has 1 aliphatic carbocycles. The highest BCUT2D eigenvalue weighted by Gasteiger charge is 2.47. The minimum Gasteiger partial charge on any atom is -0.294 e. The molecule has 0 spiro atoms. The summed E-state index contributed by atoms with van der Waals surface area (Å²) in [5.74, 6) is 1.66. The molecule has 0 N–H and O–H groups in total. The van der Waals surface area contributed by atoms with Crippen LogP contribution in [0.3, 0.4) is 0 Å². The molecule has 0 saturated heterocycles. The third-order valence-corrected chi connectivity index (χ3v) is 13.3. The molecule has 3 heterocycles. The predicted molar refractivity (Wildman–Crippen MR) is 261 cm³/mol. The van der Waals surface area contributed by atoms with Gasteiger partial charge >= 0.3 is 0 Å². The van der Waals surface area contributed by atoms with Crippen LogP contribution in [-0.2, 0) is 10.4 Å². The van der Waals surface area contributed by atoms with E-state index in [4.69, 9.17) is 9.92 Å². The first-order chi connectivity index (χ1) is 30.6. The lowest BCUT2D eigenvalue weighted by molar-refractivity contribution is 0.0842. The smallest absolute Gasteiger partial charge is 0.138 e. The molecule has 0 unspecified atom stereocenters. The zero-order chi connectivity index (χ0) is 43.2. The molecule has 63 heavy (non-hydrogen) atoms. The number of pyridine rings is 1. The highest BCUT2D eigenvalue weighted by Crippen LogP contribution is 2.57. The average Bonchev–Trinajstić information content (AvgIpc) is 3.96. The maximum Gasteiger partial charge on any atom is 0.138 e. The zero-order valence-corrected chi connectivity index (χ0v) is 37.1. The SMILES string of the molecule is CC(C)c1cccc(C(C)C)c1-c1ccnc(-n2c3ccccc3c3ccc(C4(c5cccc(N6ON(C(C)(C)C)c7ccccc76)c5)c5ccccc5-c5ccccc54)cc32)c1. The Labute approximate surface area is 370 Å². The molecule has 7 aromatic carbocycles.